The Balaban J connectivity index is 1.80. The molecule has 1 saturated heterocycles. The molecule has 8 heteroatoms. The molecule has 1 aliphatic rings. The van der Waals surface area contributed by atoms with Crippen LogP contribution in [0.15, 0.2) is 29.2 Å². The largest absolute Gasteiger partial charge is 0.481 e. The number of nitrogens with one attached hydrogen (secondary N) is 1. The summed E-state index contributed by atoms with van der Waals surface area (Å²) in [4.78, 5) is 24.7. The lowest BCUT2D eigenvalue weighted by atomic mass is 9.97. The van der Waals surface area contributed by atoms with Gasteiger partial charge >= 0.3 is 5.97 Å². The fourth-order valence-electron chi connectivity index (χ4n) is 2.63. The van der Waals surface area contributed by atoms with Gasteiger partial charge in [-0.1, -0.05) is 17.7 Å². The summed E-state index contributed by atoms with van der Waals surface area (Å²) in [6.07, 6.45) is 0.940. The number of piperidine rings is 1. The van der Waals surface area contributed by atoms with Crippen molar-refractivity contribution in [2.75, 3.05) is 19.6 Å². The van der Waals surface area contributed by atoms with E-state index in [1.807, 2.05) is 6.92 Å². The normalized spacial score (nSPS) is 16.1. The number of carboxylic acid groups (broad SMARTS) is 1. The molecule has 0 bridgehead atoms. The highest BCUT2D eigenvalue weighted by Crippen LogP contribution is 2.18. The molecule has 132 valence electrons. The molecule has 7 nitrogen and oxygen atoms in total. The molecule has 0 unspecified atom stereocenters. The fraction of sp³-hybridized carbons (Fsp3) is 0.500. The van der Waals surface area contributed by atoms with Crippen molar-refractivity contribution in [3.8, 4) is 0 Å². The van der Waals surface area contributed by atoms with Crippen LogP contribution >= 0.6 is 0 Å². The van der Waals surface area contributed by atoms with Gasteiger partial charge in [0.1, 0.15) is 0 Å². The monoisotopic (exact) mass is 354 g/mol. The van der Waals surface area contributed by atoms with Crippen molar-refractivity contribution in [2.24, 2.45) is 5.92 Å². The van der Waals surface area contributed by atoms with Gasteiger partial charge in [0, 0.05) is 26.1 Å². The topological polar surface area (TPSA) is 104 Å². The molecule has 0 atom stereocenters. The van der Waals surface area contributed by atoms with Gasteiger partial charge in [0.2, 0.25) is 15.9 Å². The molecule has 1 amide bonds. The number of aliphatic carboxylic acids is 1. The van der Waals surface area contributed by atoms with Crippen LogP contribution in [0.2, 0.25) is 0 Å². The highest BCUT2D eigenvalue weighted by Gasteiger charge is 2.26. The van der Waals surface area contributed by atoms with E-state index in [1.165, 1.54) is 12.1 Å². The number of carbonyl (C=O) groups is 2. The summed E-state index contributed by atoms with van der Waals surface area (Å²) in [5.41, 5.74) is 0.967. The second-order valence-electron chi connectivity index (χ2n) is 5.95. The zero-order valence-electron chi connectivity index (χ0n) is 13.6. The van der Waals surface area contributed by atoms with Gasteiger partial charge < -0.3 is 10.0 Å². The Morgan fingerprint density at radius 1 is 1.21 bits per heavy atom. The zero-order chi connectivity index (χ0) is 17.7. The van der Waals surface area contributed by atoms with Gasteiger partial charge in [0.15, 0.2) is 0 Å². The lowest BCUT2D eigenvalue weighted by Crippen LogP contribution is -2.41. The number of hydrogen-bond donors (Lipinski definition) is 2. The molecular formula is C16H22N2O5S. The SMILES string of the molecule is Cc1ccc(S(=O)(=O)NCCC(=O)N2CCC(C(=O)O)CC2)cc1. The number of sulfonamides is 1. The van der Waals surface area contributed by atoms with Gasteiger partial charge in [0.05, 0.1) is 10.8 Å². The molecule has 24 heavy (non-hydrogen) atoms. The molecule has 0 saturated carbocycles. The van der Waals surface area contributed by atoms with E-state index in [2.05, 4.69) is 4.72 Å². The van der Waals surface area contributed by atoms with Crippen molar-refractivity contribution in [2.45, 2.75) is 31.1 Å². The maximum Gasteiger partial charge on any atom is 0.306 e. The first-order valence-corrected chi connectivity index (χ1v) is 9.35. The summed E-state index contributed by atoms with van der Waals surface area (Å²) in [6, 6.07) is 6.48. The van der Waals surface area contributed by atoms with Crippen LogP contribution in [0.1, 0.15) is 24.8 Å². The number of carbonyl (C=O) groups excluding carboxylic acids is 1. The molecule has 1 aromatic rings. The van der Waals surface area contributed by atoms with Crippen LogP contribution in [0.3, 0.4) is 0 Å². The van der Waals surface area contributed by atoms with Gasteiger partial charge in [0.25, 0.3) is 0 Å². The van der Waals surface area contributed by atoms with Gasteiger partial charge in [-0.15, -0.1) is 0 Å². The fourth-order valence-corrected chi connectivity index (χ4v) is 3.66. The maximum absolute atomic E-state index is 12.1. The molecule has 1 aliphatic heterocycles. The van der Waals surface area contributed by atoms with E-state index >= 15 is 0 Å². The average molecular weight is 354 g/mol. The van der Waals surface area contributed by atoms with Crippen LogP contribution in [0.25, 0.3) is 0 Å². The number of benzene rings is 1. The predicted octanol–water partition coefficient (Wildman–Crippen LogP) is 0.987. The molecule has 0 spiro atoms. The third kappa shape index (κ3) is 4.78. The van der Waals surface area contributed by atoms with Gasteiger partial charge in [-0.25, -0.2) is 13.1 Å². The van der Waals surface area contributed by atoms with Crippen molar-refractivity contribution in [1.82, 2.24) is 9.62 Å². The Hall–Kier alpha value is -1.93. The van der Waals surface area contributed by atoms with Crippen LogP contribution in [-0.2, 0) is 19.6 Å². The lowest BCUT2D eigenvalue weighted by molar-refractivity contribution is -0.145. The predicted molar refractivity (Wildman–Crippen MR) is 87.9 cm³/mol. The molecule has 1 fully saturated rings. The molecule has 0 radical (unpaired) electrons. The first kappa shape index (κ1) is 18.4. The summed E-state index contributed by atoms with van der Waals surface area (Å²) in [7, 11) is -3.62. The Morgan fingerprint density at radius 2 is 1.79 bits per heavy atom. The number of nitrogens with zero attached hydrogens (tertiary/aromatic N) is 1. The summed E-state index contributed by atoms with van der Waals surface area (Å²) in [6.45, 7) is 2.70. The van der Waals surface area contributed by atoms with E-state index in [4.69, 9.17) is 5.11 Å². The Morgan fingerprint density at radius 3 is 2.33 bits per heavy atom. The molecule has 1 aromatic carbocycles. The minimum absolute atomic E-state index is 0.0217. The van der Waals surface area contributed by atoms with Crippen LogP contribution in [0.4, 0.5) is 0 Å². The number of aryl methyl sites for hydroxylation is 1. The molecule has 0 aliphatic carbocycles. The third-order valence-electron chi connectivity index (χ3n) is 4.16. The Labute approximate surface area is 141 Å². The van der Waals surface area contributed by atoms with E-state index in [-0.39, 0.29) is 23.8 Å². The lowest BCUT2D eigenvalue weighted by Gasteiger charge is -2.30. The van der Waals surface area contributed by atoms with E-state index in [0.717, 1.165) is 5.56 Å². The minimum atomic E-state index is -3.62. The van der Waals surface area contributed by atoms with Crippen LogP contribution in [-0.4, -0.2) is 49.9 Å². The third-order valence-corrected chi connectivity index (χ3v) is 5.64. The number of hydrogen-bond acceptors (Lipinski definition) is 4. The molecule has 2 rings (SSSR count). The first-order chi connectivity index (χ1) is 11.3. The number of likely N-dealkylation sites (tertiary alicyclic amines) is 1. The number of rotatable bonds is 6. The first-order valence-electron chi connectivity index (χ1n) is 7.86. The second kappa shape index (κ2) is 7.76. The van der Waals surface area contributed by atoms with Gasteiger partial charge in [-0.05, 0) is 31.9 Å². The quantitative estimate of drug-likeness (QED) is 0.793. The Kier molecular flexibility index (Phi) is 5.95. The van der Waals surface area contributed by atoms with E-state index in [0.29, 0.717) is 25.9 Å². The number of carboxylic acids is 1. The summed E-state index contributed by atoms with van der Waals surface area (Å²) < 4.78 is 26.7. The van der Waals surface area contributed by atoms with Crippen LogP contribution < -0.4 is 4.72 Å². The smallest absolute Gasteiger partial charge is 0.306 e. The standard InChI is InChI=1S/C16H22N2O5S/c1-12-2-4-14(5-3-12)24(22,23)17-9-6-15(19)18-10-7-13(8-11-18)16(20)21/h2-5,13,17H,6-11H2,1H3,(H,20,21). The molecule has 0 aromatic heterocycles. The minimum Gasteiger partial charge on any atom is -0.481 e. The van der Waals surface area contributed by atoms with Crippen molar-refractivity contribution in [3.63, 3.8) is 0 Å². The van der Waals surface area contributed by atoms with Gasteiger partial charge in [-0.2, -0.15) is 0 Å². The van der Waals surface area contributed by atoms with E-state index in [1.54, 1.807) is 17.0 Å². The molecule has 1 heterocycles. The zero-order valence-corrected chi connectivity index (χ0v) is 14.4. The van der Waals surface area contributed by atoms with E-state index in [9.17, 15) is 18.0 Å². The van der Waals surface area contributed by atoms with Crippen molar-refractivity contribution in [1.29, 1.82) is 0 Å². The molecule has 2 N–H and O–H groups in total. The Bertz CT molecular complexity index is 692. The van der Waals surface area contributed by atoms with Gasteiger partial charge in [-0.3, -0.25) is 9.59 Å². The average Bonchev–Trinajstić information content (AvgIpc) is 2.55. The highest BCUT2D eigenvalue weighted by atomic mass is 32.2. The molecular weight excluding hydrogens is 332 g/mol. The summed E-state index contributed by atoms with van der Waals surface area (Å²) >= 11 is 0. The van der Waals surface area contributed by atoms with Crippen LogP contribution in [0.5, 0.6) is 0 Å². The van der Waals surface area contributed by atoms with Crippen LogP contribution in [0, 0.1) is 12.8 Å². The highest BCUT2D eigenvalue weighted by molar-refractivity contribution is 7.89. The van der Waals surface area contributed by atoms with E-state index < -0.39 is 21.9 Å². The van der Waals surface area contributed by atoms with Crippen molar-refractivity contribution < 1.29 is 23.1 Å². The summed E-state index contributed by atoms with van der Waals surface area (Å²) in [5.74, 6) is -1.38. The summed E-state index contributed by atoms with van der Waals surface area (Å²) in [5, 5.41) is 8.94. The second-order valence-corrected chi connectivity index (χ2v) is 7.72. The van der Waals surface area contributed by atoms with Crippen molar-refractivity contribution in [3.05, 3.63) is 29.8 Å². The number of amides is 1. The van der Waals surface area contributed by atoms with Crippen molar-refractivity contribution >= 4 is 21.9 Å². The maximum atomic E-state index is 12.1.